The first-order chi connectivity index (χ1) is 22.6. The number of carbonyl (C=O) groups excluding carboxylic acids is 5. The number of aryl methyl sites for hydroxylation is 2. The molecule has 5 N–H and O–H groups in total. The lowest BCUT2D eigenvalue weighted by Gasteiger charge is -2.30. The Kier molecular flexibility index (Phi) is 12.9. The molecule has 6 atom stereocenters. The molecule has 0 aromatic carbocycles. The fraction of sp³-hybridized carbons (Fsp3) is 0.471. The van der Waals surface area contributed by atoms with Gasteiger partial charge in [-0.3, -0.25) is 23.9 Å². The number of fused-ring (bicyclic) bond motifs is 2. The quantitative estimate of drug-likeness (QED) is 0.267. The molecule has 0 fully saturated rings. The van der Waals surface area contributed by atoms with Gasteiger partial charge in [-0.05, 0) is 51.2 Å². The number of allylic oxidation sites excluding steroid dienone is 4. The second-order valence-electron chi connectivity index (χ2n) is 12.2. The summed E-state index contributed by atoms with van der Waals surface area (Å²) < 4.78 is 18.0. The maximum Gasteiger partial charge on any atom is 0.405 e. The Balaban J connectivity index is 2.10. The fourth-order valence-electron chi connectivity index (χ4n) is 5.72. The smallest absolute Gasteiger partial charge is 0.405 e. The zero-order valence-corrected chi connectivity index (χ0v) is 28.5. The highest BCUT2D eigenvalue weighted by atomic mass is 16.6. The molecule has 1 aliphatic heterocycles. The van der Waals surface area contributed by atoms with Crippen LogP contribution in [0.4, 0.5) is 4.79 Å². The lowest BCUT2D eigenvalue weighted by molar-refractivity contribution is -0.120. The van der Waals surface area contributed by atoms with Crippen molar-refractivity contribution in [1.29, 1.82) is 0 Å². The van der Waals surface area contributed by atoms with Crippen LogP contribution in [-0.4, -0.2) is 83.0 Å². The van der Waals surface area contributed by atoms with Crippen molar-refractivity contribution < 1.29 is 43.3 Å². The number of carbonyl (C=O) groups is 5. The van der Waals surface area contributed by atoms with Gasteiger partial charge in [-0.25, -0.2) is 4.79 Å². The molecular formula is C34H45N5O9. The van der Waals surface area contributed by atoms with Gasteiger partial charge in [-0.1, -0.05) is 38.2 Å². The number of nitrogens with two attached hydrogens (primary N) is 1. The first-order valence-electron chi connectivity index (χ1n) is 15.5. The Morgan fingerprint density at radius 3 is 2.40 bits per heavy atom. The van der Waals surface area contributed by atoms with E-state index in [9.17, 15) is 29.1 Å². The second kappa shape index (κ2) is 16.4. The van der Waals surface area contributed by atoms with Gasteiger partial charge in [0.1, 0.15) is 11.8 Å². The summed E-state index contributed by atoms with van der Waals surface area (Å²) >= 11 is 0. The molecule has 1 aromatic heterocycles. The number of ketones is 2. The molecule has 1 aromatic rings. The summed E-state index contributed by atoms with van der Waals surface area (Å²) in [6, 6.07) is 1.55. The van der Waals surface area contributed by atoms with Gasteiger partial charge in [0, 0.05) is 44.4 Å². The molecule has 0 spiro atoms. The van der Waals surface area contributed by atoms with E-state index in [4.69, 9.17) is 19.9 Å². The minimum Gasteiger partial charge on any atom is -0.439 e. The number of aromatic nitrogens is 2. The molecule has 1 aliphatic carbocycles. The lowest BCUT2D eigenvalue weighted by atomic mass is 9.85. The van der Waals surface area contributed by atoms with Gasteiger partial charge in [0.05, 0.1) is 29.3 Å². The number of primary amides is 1. The van der Waals surface area contributed by atoms with Crippen LogP contribution in [0.1, 0.15) is 56.7 Å². The van der Waals surface area contributed by atoms with Crippen LogP contribution < -0.4 is 16.4 Å². The normalized spacial score (nSPS) is 29.2. The van der Waals surface area contributed by atoms with E-state index in [1.165, 1.54) is 38.0 Å². The number of nitrogens with one attached hydrogen (secondary N) is 2. The average Bonchev–Trinajstić information content (AvgIpc) is 3.37. The summed E-state index contributed by atoms with van der Waals surface area (Å²) in [4.78, 5) is 65.5. The Hall–Kier alpha value is -4.66. The van der Waals surface area contributed by atoms with Crippen LogP contribution in [0.5, 0.6) is 0 Å². The van der Waals surface area contributed by atoms with Gasteiger partial charge in [0.2, 0.25) is 11.6 Å². The molecule has 2 heterocycles. The molecular weight excluding hydrogens is 622 g/mol. The molecule has 0 saturated heterocycles. The predicted molar refractivity (Wildman–Crippen MR) is 175 cm³/mol. The SMILES string of the molecule is CO[C@@H]1/C=C\C=C(\C)C(=O)NC2=CC(=O)C(NC(=O)c3cc(C)nn3C)=C(C[C@@H](C)C[C@@H](OC)[C@@H](O)[C@@H](C)/C=C(/C)[C@H]1OC(N)=O)C2=O. The monoisotopic (exact) mass is 667 g/mol. The predicted octanol–water partition coefficient (Wildman–Crippen LogP) is 2.23. The Morgan fingerprint density at radius 1 is 1.12 bits per heavy atom. The van der Waals surface area contributed by atoms with Crippen molar-refractivity contribution in [2.45, 2.75) is 71.9 Å². The van der Waals surface area contributed by atoms with Gasteiger partial charge >= 0.3 is 6.09 Å². The summed E-state index contributed by atoms with van der Waals surface area (Å²) in [5.41, 5.74) is 6.41. The number of ether oxygens (including phenoxy) is 3. The Morgan fingerprint density at radius 2 is 1.81 bits per heavy atom. The molecule has 48 heavy (non-hydrogen) atoms. The minimum atomic E-state index is -1.04. The minimum absolute atomic E-state index is 0.000467. The number of nitrogens with zero attached hydrogens (tertiary/aromatic N) is 2. The number of Topliss-reactive ketones (excluding diaryl/α,β-unsaturated/α-hetero) is 1. The van der Waals surface area contributed by atoms with Crippen molar-refractivity contribution in [3.63, 3.8) is 0 Å². The standard InChI is InChI=1S/C34H45N5O9/c1-17-12-22-28(37-33(44)24-15-21(5)38-39(24)6)25(40)16-23(30(22)42)36-32(43)18(2)10-9-11-26(46-7)31(48-34(35)45)20(4)14-19(3)29(41)27(13-17)47-8/h9-11,14-17,19,26-27,29,31,41H,12-13H2,1-8H3,(H2,35,45)(H,36,43)(H,37,44)/b11-9-,18-10-,20-14-/t17-,19+,26-,27-,29+,31-/m1/s1. The topological polar surface area (TPSA) is 201 Å². The maximum absolute atomic E-state index is 13.9. The molecule has 2 bridgehead atoms. The van der Waals surface area contributed by atoms with E-state index in [1.54, 1.807) is 46.0 Å². The van der Waals surface area contributed by atoms with Gasteiger partial charge < -0.3 is 35.7 Å². The van der Waals surface area contributed by atoms with E-state index in [-0.39, 0.29) is 47.0 Å². The van der Waals surface area contributed by atoms with Crippen LogP contribution in [-0.2, 0) is 35.6 Å². The van der Waals surface area contributed by atoms with Crippen LogP contribution >= 0.6 is 0 Å². The number of hydrogen-bond donors (Lipinski definition) is 4. The average molecular weight is 668 g/mol. The van der Waals surface area contributed by atoms with Crippen molar-refractivity contribution >= 4 is 29.5 Å². The molecule has 260 valence electrons. The van der Waals surface area contributed by atoms with Crippen LogP contribution in [0.15, 0.2) is 64.6 Å². The third-order valence-electron chi connectivity index (χ3n) is 8.27. The number of methoxy groups -OCH3 is 2. The van der Waals surface area contributed by atoms with Crippen molar-refractivity contribution in [2.75, 3.05) is 14.2 Å². The molecule has 0 radical (unpaired) electrons. The highest BCUT2D eigenvalue weighted by Gasteiger charge is 2.34. The summed E-state index contributed by atoms with van der Waals surface area (Å²) in [7, 11) is 4.45. The van der Waals surface area contributed by atoms with E-state index in [2.05, 4.69) is 15.7 Å². The van der Waals surface area contributed by atoms with Gasteiger partial charge in [-0.15, -0.1) is 0 Å². The highest BCUT2D eigenvalue weighted by Crippen LogP contribution is 2.29. The van der Waals surface area contributed by atoms with Gasteiger partial charge in [0.25, 0.3) is 11.8 Å². The second-order valence-corrected chi connectivity index (χ2v) is 12.2. The fourth-order valence-corrected chi connectivity index (χ4v) is 5.72. The number of hydrogen-bond acceptors (Lipinski definition) is 10. The van der Waals surface area contributed by atoms with E-state index in [0.717, 1.165) is 6.08 Å². The zero-order valence-electron chi connectivity index (χ0n) is 28.5. The van der Waals surface area contributed by atoms with E-state index in [1.807, 2.05) is 6.92 Å². The van der Waals surface area contributed by atoms with E-state index in [0.29, 0.717) is 11.3 Å². The maximum atomic E-state index is 13.9. The number of aliphatic hydroxyl groups is 1. The Bertz CT molecular complexity index is 1600. The molecule has 0 saturated carbocycles. The summed E-state index contributed by atoms with van der Waals surface area (Å²) in [6.45, 7) is 8.53. The molecule has 14 heteroatoms. The Labute approximate surface area is 279 Å². The van der Waals surface area contributed by atoms with E-state index >= 15 is 0 Å². The zero-order chi connectivity index (χ0) is 35.9. The molecule has 2 aliphatic rings. The third-order valence-corrected chi connectivity index (χ3v) is 8.27. The number of rotatable bonds is 5. The molecule has 3 amide bonds. The van der Waals surface area contributed by atoms with Crippen LogP contribution in [0, 0.1) is 18.8 Å². The summed E-state index contributed by atoms with van der Waals surface area (Å²) in [6.07, 6.45) is 2.96. The molecule has 3 rings (SSSR count). The van der Waals surface area contributed by atoms with Gasteiger partial charge in [-0.2, -0.15) is 5.10 Å². The largest absolute Gasteiger partial charge is 0.439 e. The van der Waals surface area contributed by atoms with Crippen molar-refractivity contribution in [3.05, 3.63) is 75.9 Å². The summed E-state index contributed by atoms with van der Waals surface area (Å²) in [5.74, 6) is -3.46. The van der Waals surface area contributed by atoms with Crippen LogP contribution in [0.2, 0.25) is 0 Å². The van der Waals surface area contributed by atoms with Crippen LogP contribution in [0.25, 0.3) is 0 Å². The molecule has 0 unspecified atom stereocenters. The van der Waals surface area contributed by atoms with Crippen molar-refractivity contribution in [2.24, 2.45) is 24.6 Å². The number of amides is 3. The third kappa shape index (κ3) is 9.24. The van der Waals surface area contributed by atoms with Crippen LogP contribution in [0.3, 0.4) is 0 Å². The highest BCUT2D eigenvalue weighted by molar-refractivity contribution is 6.24. The van der Waals surface area contributed by atoms with E-state index < -0.39 is 59.8 Å². The lowest BCUT2D eigenvalue weighted by Crippen LogP contribution is -2.39. The van der Waals surface area contributed by atoms with Gasteiger partial charge in [0.15, 0.2) is 6.10 Å². The van der Waals surface area contributed by atoms with Crippen molar-refractivity contribution in [1.82, 2.24) is 20.4 Å². The first-order valence-corrected chi connectivity index (χ1v) is 15.5. The number of aliphatic hydroxyl groups excluding tert-OH is 1. The molecule has 14 nitrogen and oxygen atoms in total. The summed E-state index contributed by atoms with van der Waals surface area (Å²) in [5, 5.41) is 20.6. The first kappa shape index (κ1) is 37.8. The van der Waals surface area contributed by atoms with Crippen molar-refractivity contribution in [3.8, 4) is 0 Å².